The first kappa shape index (κ1) is 15.3. The zero-order chi connectivity index (χ0) is 15.9. The monoisotopic (exact) mass is 339 g/mol. The second-order valence-electron chi connectivity index (χ2n) is 6.65. The fourth-order valence-electron chi connectivity index (χ4n) is 3.51. The summed E-state index contributed by atoms with van der Waals surface area (Å²) in [7, 11) is -3.14. The highest BCUT2D eigenvalue weighted by atomic mass is 32.2. The van der Waals surface area contributed by atoms with Crippen LogP contribution >= 0.6 is 0 Å². The molecule has 0 radical (unpaired) electrons. The van der Waals surface area contributed by atoms with Gasteiger partial charge in [0.25, 0.3) is 0 Å². The van der Waals surface area contributed by atoms with Crippen LogP contribution in [0.1, 0.15) is 32.1 Å². The first-order valence-corrected chi connectivity index (χ1v) is 9.64. The van der Waals surface area contributed by atoms with E-state index in [0.717, 1.165) is 25.7 Å². The van der Waals surface area contributed by atoms with Gasteiger partial charge in [0.2, 0.25) is 10.0 Å². The van der Waals surface area contributed by atoms with Gasteiger partial charge in [-0.25, -0.2) is 18.4 Å². The Bertz CT molecular complexity index is 665. The minimum absolute atomic E-state index is 0.124. The van der Waals surface area contributed by atoms with Crippen molar-refractivity contribution in [1.29, 1.82) is 0 Å². The Morgan fingerprint density at radius 2 is 2.09 bits per heavy atom. The van der Waals surface area contributed by atoms with Gasteiger partial charge in [-0.05, 0) is 31.7 Å². The summed E-state index contributed by atoms with van der Waals surface area (Å²) in [6, 6.07) is 2.08. The van der Waals surface area contributed by atoms with E-state index in [0.29, 0.717) is 32.1 Å². The average Bonchev–Trinajstić information content (AvgIpc) is 3.34. The molecule has 1 spiro atoms. The summed E-state index contributed by atoms with van der Waals surface area (Å²) >= 11 is 0. The highest BCUT2D eigenvalue weighted by Gasteiger charge is 2.49. The van der Waals surface area contributed by atoms with Crippen LogP contribution in [0.15, 0.2) is 18.5 Å². The van der Waals surface area contributed by atoms with E-state index in [2.05, 4.69) is 9.97 Å². The maximum atomic E-state index is 12.5. The molecule has 3 heterocycles. The second kappa shape index (κ2) is 5.68. The first-order chi connectivity index (χ1) is 11.1. The van der Waals surface area contributed by atoms with Gasteiger partial charge in [-0.1, -0.05) is 0 Å². The fourth-order valence-corrected chi connectivity index (χ4v) is 5.46. The lowest BCUT2D eigenvalue weighted by Crippen LogP contribution is -2.51. The fraction of sp³-hybridized carbons (Fsp3) is 0.733. The first-order valence-electron chi connectivity index (χ1n) is 8.14. The van der Waals surface area contributed by atoms with Gasteiger partial charge in [0.1, 0.15) is 6.10 Å². The minimum Gasteiger partial charge on any atom is -0.458 e. The van der Waals surface area contributed by atoms with Gasteiger partial charge in [-0.15, -0.1) is 0 Å². The molecule has 126 valence electrons. The van der Waals surface area contributed by atoms with Crippen molar-refractivity contribution in [2.24, 2.45) is 0 Å². The van der Waals surface area contributed by atoms with Crippen LogP contribution in [0.4, 0.5) is 0 Å². The molecule has 2 atom stereocenters. The quantitative estimate of drug-likeness (QED) is 0.813. The van der Waals surface area contributed by atoms with Gasteiger partial charge in [-0.2, -0.15) is 4.31 Å². The lowest BCUT2D eigenvalue weighted by atomic mass is 9.90. The Kier molecular flexibility index (Phi) is 3.78. The molecule has 0 aromatic carbocycles. The Hall–Kier alpha value is -1.25. The second-order valence-corrected chi connectivity index (χ2v) is 8.86. The molecule has 2 saturated heterocycles. The minimum atomic E-state index is -3.14. The van der Waals surface area contributed by atoms with Gasteiger partial charge in [0, 0.05) is 31.9 Å². The topological polar surface area (TPSA) is 81.6 Å². The van der Waals surface area contributed by atoms with Crippen LogP contribution in [0, 0.1) is 0 Å². The number of nitrogens with zero attached hydrogens (tertiary/aromatic N) is 3. The maximum absolute atomic E-state index is 12.5. The van der Waals surface area contributed by atoms with Crippen molar-refractivity contribution in [2.75, 3.05) is 19.7 Å². The van der Waals surface area contributed by atoms with Gasteiger partial charge in [-0.3, -0.25) is 0 Å². The summed E-state index contributed by atoms with van der Waals surface area (Å²) in [6.07, 6.45) is 7.13. The third kappa shape index (κ3) is 3.07. The Balaban J connectivity index is 1.43. The SMILES string of the molecule is O=S(=O)(C1CC1)N1CCC[C@]2(C[C@@H](Oc3ncccn3)CO2)C1. The van der Waals surface area contributed by atoms with Gasteiger partial charge < -0.3 is 9.47 Å². The zero-order valence-corrected chi connectivity index (χ0v) is 13.7. The number of sulfonamides is 1. The summed E-state index contributed by atoms with van der Waals surface area (Å²) < 4.78 is 38.4. The molecule has 8 heteroatoms. The molecule has 0 unspecified atom stereocenters. The Morgan fingerprint density at radius 1 is 1.30 bits per heavy atom. The molecule has 0 amide bonds. The molecule has 0 N–H and O–H groups in total. The number of ether oxygens (including phenoxy) is 2. The Labute approximate surface area is 136 Å². The van der Waals surface area contributed by atoms with Crippen molar-refractivity contribution >= 4 is 10.0 Å². The molecule has 0 bridgehead atoms. The van der Waals surface area contributed by atoms with Crippen molar-refractivity contribution in [3.63, 3.8) is 0 Å². The predicted octanol–water partition coefficient (Wildman–Crippen LogP) is 0.971. The molecular weight excluding hydrogens is 318 g/mol. The number of piperidine rings is 1. The van der Waals surface area contributed by atoms with E-state index in [1.807, 2.05) is 0 Å². The van der Waals surface area contributed by atoms with Gasteiger partial charge in [0.05, 0.1) is 17.5 Å². The summed E-state index contributed by atoms with van der Waals surface area (Å²) in [5, 5.41) is -0.163. The molecule has 3 fully saturated rings. The summed E-state index contributed by atoms with van der Waals surface area (Å²) in [5.41, 5.74) is -0.417. The van der Waals surface area contributed by atoms with Crippen LogP contribution < -0.4 is 4.74 Å². The third-order valence-electron chi connectivity index (χ3n) is 4.80. The summed E-state index contributed by atoms with van der Waals surface area (Å²) in [5.74, 6) is 0. The molecule has 1 aromatic heterocycles. The van der Waals surface area contributed by atoms with E-state index in [9.17, 15) is 8.42 Å². The zero-order valence-electron chi connectivity index (χ0n) is 12.9. The standard InChI is InChI=1S/C15H21N3O4S/c19-23(20,13-3-4-13)18-8-1-5-15(11-18)9-12(10-21-15)22-14-16-6-2-7-17-14/h2,6-7,12-13H,1,3-5,8-11H2/t12-,15+/m1/s1. The van der Waals surface area contributed by atoms with E-state index in [-0.39, 0.29) is 11.4 Å². The summed E-state index contributed by atoms with van der Waals surface area (Å²) in [4.78, 5) is 8.13. The molecule has 3 aliphatic rings. The van der Waals surface area contributed by atoms with Crippen LogP contribution in [0.2, 0.25) is 0 Å². The molecule has 2 aliphatic heterocycles. The van der Waals surface area contributed by atoms with Gasteiger partial charge >= 0.3 is 6.01 Å². The molecule has 1 saturated carbocycles. The number of hydrogen-bond donors (Lipinski definition) is 0. The van der Waals surface area contributed by atoms with Crippen molar-refractivity contribution in [2.45, 2.75) is 49.1 Å². The van der Waals surface area contributed by atoms with Gasteiger partial charge in [0.15, 0.2) is 0 Å². The molecule has 4 rings (SSSR count). The molecular formula is C15H21N3O4S. The van der Waals surface area contributed by atoms with E-state index in [4.69, 9.17) is 9.47 Å². The van der Waals surface area contributed by atoms with Crippen LogP contribution in [-0.4, -0.2) is 59.3 Å². The number of hydrogen-bond acceptors (Lipinski definition) is 6. The van der Waals surface area contributed by atoms with Crippen LogP contribution in [0.25, 0.3) is 0 Å². The van der Waals surface area contributed by atoms with Crippen LogP contribution in [0.5, 0.6) is 6.01 Å². The third-order valence-corrected chi connectivity index (χ3v) is 7.14. The van der Waals surface area contributed by atoms with E-state index in [1.54, 1.807) is 22.8 Å². The number of rotatable bonds is 4. The highest BCUT2D eigenvalue weighted by Crippen LogP contribution is 2.39. The van der Waals surface area contributed by atoms with Crippen LogP contribution in [-0.2, 0) is 14.8 Å². The summed E-state index contributed by atoms with van der Waals surface area (Å²) in [6.45, 7) is 1.51. The molecule has 1 aliphatic carbocycles. The maximum Gasteiger partial charge on any atom is 0.316 e. The van der Waals surface area contributed by atoms with Crippen molar-refractivity contribution in [3.8, 4) is 6.01 Å². The largest absolute Gasteiger partial charge is 0.458 e. The lowest BCUT2D eigenvalue weighted by molar-refractivity contribution is -0.0339. The molecule has 7 nitrogen and oxygen atoms in total. The van der Waals surface area contributed by atoms with E-state index >= 15 is 0 Å². The molecule has 1 aromatic rings. The smallest absolute Gasteiger partial charge is 0.316 e. The van der Waals surface area contributed by atoms with Crippen molar-refractivity contribution < 1.29 is 17.9 Å². The Morgan fingerprint density at radius 3 is 2.83 bits per heavy atom. The lowest BCUT2D eigenvalue weighted by Gasteiger charge is -2.38. The highest BCUT2D eigenvalue weighted by molar-refractivity contribution is 7.90. The van der Waals surface area contributed by atoms with E-state index in [1.165, 1.54) is 0 Å². The molecule has 23 heavy (non-hydrogen) atoms. The average molecular weight is 339 g/mol. The normalized spacial score (nSPS) is 32.3. The predicted molar refractivity (Wildman–Crippen MR) is 82.5 cm³/mol. The van der Waals surface area contributed by atoms with Crippen LogP contribution in [0.3, 0.4) is 0 Å². The number of aromatic nitrogens is 2. The van der Waals surface area contributed by atoms with Crippen molar-refractivity contribution in [3.05, 3.63) is 18.5 Å². The van der Waals surface area contributed by atoms with E-state index < -0.39 is 15.6 Å². The van der Waals surface area contributed by atoms with Crippen molar-refractivity contribution in [1.82, 2.24) is 14.3 Å².